The molecule has 0 bridgehead atoms. The number of rotatable bonds is 7. The third-order valence-corrected chi connectivity index (χ3v) is 8.14. The van der Waals surface area contributed by atoms with E-state index in [1.807, 2.05) is 30.3 Å². The van der Waals surface area contributed by atoms with E-state index in [9.17, 15) is 14.4 Å². The molecule has 42 heavy (non-hydrogen) atoms. The summed E-state index contributed by atoms with van der Waals surface area (Å²) < 4.78 is 9.61. The van der Waals surface area contributed by atoms with Crippen LogP contribution in [0.1, 0.15) is 52.9 Å². The van der Waals surface area contributed by atoms with E-state index in [2.05, 4.69) is 42.0 Å². The van der Waals surface area contributed by atoms with Crippen molar-refractivity contribution in [2.75, 3.05) is 13.2 Å². The number of fused-ring (bicyclic) bond motifs is 1. The smallest absolute Gasteiger partial charge is 0.333 e. The van der Waals surface area contributed by atoms with Crippen molar-refractivity contribution in [1.29, 1.82) is 0 Å². The minimum atomic E-state index is -0.404. The van der Waals surface area contributed by atoms with Gasteiger partial charge in [-0.2, -0.15) is 0 Å². The summed E-state index contributed by atoms with van der Waals surface area (Å²) in [7, 11) is 0. The molecule has 0 saturated carbocycles. The number of carbonyl (C=O) groups excluding carboxylic acids is 2. The van der Waals surface area contributed by atoms with Gasteiger partial charge < -0.3 is 15.0 Å². The van der Waals surface area contributed by atoms with Crippen molar-refractivity contribution in [3.8, 4) is 11.4 Å². The molecule has 0 spiro atoms. The molecule has 2 amide bonds. The maximum absolute atomic E-state index is 13.8. The molecule has 0 aliphatic carbocycles. The summed E-state index contributed by atoms with van der Waals surface area (Å²) in [4.78, 5) is 42.6. The van der Waals surface area contributed by atoms with E-state index in [1.54, 1.807) is 51.9 Å². The van der Waals surface area contributed by atoms with Crippen molar-refractivity contribution >= 4 is 39.3 Å². The average molecular weight is 652 g/mol. The van der Waals surface area contributed by atoms with Gasteiger partial charge in [-0.25, -0.2) is 4.79 Å². The Morgan fingerprint density at radius 2 is 1.71 bits per heavy atom. The lowest BCUT2D eigenvalue weighted by Gasteiger charge is -2.28. The summed E-state index contributed by atoms with van der Waals surface area (Å²) in [5.41, 5.74) is 2.22. The molecule has 1 N–H and O–H groups in total. The summed E-state index contributed by atoms with van der Waals surface area (Å²) in [5.74, 6) is 0.0382. The number of aromatic nitrogens is 2. The molecule has 0 saturated heterocycles. The maximum atomic E-state index is 13.8. The van der Waals surface area contributed by atoms with E-state index in [0.29, 0.717) is 45.3 Å². The number of nitrogens with zero attached hydrogens (tertiary/aromatic N) is 3. The second-order valence-corrected chi connectivity index (χ2v) is 12.7. The van der Waals surface area contributed by atoms with Gasteiger partial charge in [0.15, 0.2) is 0 Å². The lowest BCUT2D eigenvalue weighted by molar-refractivity contribution is 0.0706. The summed E-state index contributed by atoms with van der Waals surface area (Å²) in [6.07, 6.45) is 0. The standard InChI is InChI=1S/C32H32BrClN4O4/c1-32(2,3)20-42-24-12-10-23(11-13-24)38-28(29(39)35-18-21-7-5-4-6-8-21)27-19-36(15-16-37(27)31(38)41)30(40)22-9-14-25(33)26(34)17-22/h4-14,17H,15-16,18-20H2,1-3H3,(H,35,39). The Balaban J connectivity index is 1.50. The van der Waals surface area contributed by atoms with Crippen LogP contribution < -0.4 is 15.7 Å². The predicted octanol–water partition coefficient (Wildman–Crippen LogP) is 6.07. The van der Waals surface area contributed by atoms with Crippen molar-refractivity contribution in [3.63, 3.8) is 0 Å². The van der Waals surface area contributed by atoms with E-state index in [0.717, 1.165) is 5.56 Å². The van der Waals surface area contributed by atoms with Gasteiger partial charge in [0.1, 0.15) is 11.4 Å². The molecule has 2 heterocycles. The van der Waals surface area contributed by atoms with Gasteiger partial charge in [-0.3, -0.25) is 18.7 Å². The van der Waals surface area contributed by atoms with Crippen LogP contribution in [0, 0.1) is 5.41 Å². The highest BCUT2D eigenvalue weighted by molar-refractivity contribution is 9.10. The van der Waals surface area contributed by atoms with Crippen LogP contribution in [0.25, 0.3) is 5.69 Å². The van der Waals surface area contributed by atoms with Crippen LogP contribution in [0.2, 0.25) is 5.02 Å². The highest BCUT2D eigenvalue weighted by atomic mass is 79.9. The quantitative estimate of drug-likeness (QED) is 0.263. The summed E-state index contributed by atoms with van der Waals surface area (Å²) in [6, 6.07) is 21.7. The fourth-order valence-corrected chi connectivity index (χ4v) is 5.20. The molecular weight excluding hydrogens is 620 g/mol. The molecule has 1 aliphatic rings. The molecular formula is C32H32BrClN4O4. The first-order chi connectivity index (χ1) is 20.0. The Kier molecular flexibility index (Phi) is 8.61. The molecule has 1 aliphatic heterocycles. The van der Waals surface area contributed by atoms with Gasteiger partial charge in [0.2, 0.25) is 0 Å². The zero-order chi connectivity index (χ0) is 30.0. The fourth-order valence-electron chi connectivity index (χ4n) is 4.77. The Morgan fingerprint density at radius 1 is 1.00 bits per heavy atom. The zero-order valence-electron chi connectivity index (χ0n) is 23.7. The number of nitrogens with one attached hydrogen (secondary N) is 1. The highest BCUT2D eigenvalue weighted by Crippen LogP contribution is 2.26. The van der Waals surface area contributed by atoms with Crippen molar-refractivity contribution in [2.24, 2.45) is 5.41 Å². The first kappa shape index (κ1) is 29.7. The molecule has 5 rings (SSSR count). The Hall–Kier alpha value is -3.82. The van der Waals surface area contributed by atoms with Crippen LogP contribution >= 0.6 is 27.5 Å². The third-order valence-electron chi connectivity index (χ3n) is 6.91. The van der Waals surface area contributed by atoms with Crippen molar-refractivity contribution in [2.45, 2.75) is 40.4 Å². The molecule has 3 aromatic carbocycles. The van der Waals surface area contributed by atoms with Crippen LogP contribution in [0.15, 0.2) is 82.1 Å². The number of imidazole rings is 1. The van der Waals surface area contributed by atoms with E-state index in [4.69, 9.17) is 16.3 Å². The SMILES string of the molecule is CC(C)(C)COc1ccc(-n2c(C(=O)NCc3ccccc3)c3n(c2=O)CCN(C(=O)c2ccc(Br)c(Cl)c2)C3)cc1. The molecule has 1 aromatic heterocycles. The Morgan fingerprint density at radius 3 is 2.38 bits per heavy atom. The molecule has 218 valence electrons. The number of hydrogen-bond donors (Lipinski definition) is 1. The molecule has 8 nitrogen and oxygen atoms in total. The van der Waals surface area contributed by atoms with Gasteiger partial charge >= 0.3 is 5.69 Å². The number of carbonyl (C=O) groups is 2. The van der Waals surface area contributed by atoms with Gasteiger partial charge in [0.25, 0.3) is 11.8 Å². The number of hydrogen-bond acceptors (Lipinski definition) is 4. The van der Waals surface area contributed by atoms with Crippen LogP contribution in [0.5, 0.6) is 5.75 Å². The molecule has 0 radical (unpaired) electrons. The van der Waals surface area contributed by atoms with E-state index < -0.39 is 5.91 Å². The van der Waals surface area contributed by atoms with Crippen molar-refractivity contribution in [1.82, 2.24) is 19.4 Å². The van der Waals surface area contributed by atoms with Gasteiger partial charge in [-0.05, 0) is 69.4 Å². The molecule has 10 heteroatoms. The highest BCUT2D eigenvalue weighted by Gasteiger charge is 2.32. The number of amides is 2. The predicted molar refractivity (Wildman–Crippen MR) is 166 cm³/mol. The Labute approximate surface area is 258 Å². The monoisotopic (exact) mass is 650 g/mol. The normalized spacial score (nSPS) is 13.0. The number of benzene rings is 3. The largest absolute Gasteiger partial charge is 0.493 e. The second kappa shape index (κ2) is 12.2. The van der Waals surface area contributed by atoms with Crippen LogP contribution in [-0.2, 0) is 19.6 Å². The summed E-state index contributed by atoms with van der Waals surface area (Å²) >= 11 is 9.60. The minimum Gasteiger partial charge on any atom is -0.493 e. The summed E-state index contributed by atoms with van der Waals surface area (Å²) in [6.45, 7) is 7.75. The average Bonchev–Trinajstić information content (AvgIpc) is 3.27. The lowest BCUT2D eigenvalue weighted by atomic mass is 9.99. The molecule has 4 aromatic rings. The van der Waals surface area contributed by atoms with Crippen molar-refractivity contribution < 1.29 is 14.3 Å². The van der Waals surface area contributed by atoms with Crippen LogP contribution in [-0.4, -0.2) is 39.0 Å². The zero-order valence-corrected chi connectivity index (χ0v) is 26.0. The van der Waals surface area contributed by atoms with Crippen molar-refractivity contribution in [3.05, 3.63) is 115 Å². The van der Waals surface area contributed by atoms with E-state index >= 15 is 0 Å². The molecule has 0 atom stereocenters. The van der Waals surface area contributed by atoms with Gasteiger partial charge in [-0.15, -0.1) is 0 Å². The van der Waals surface area contributed by atoms with Gasteiger partial charge in [0.05, 0.1) is 29.6 Å². The topological polar surface area (TPSA) is 85.6 Å². The van der Waals surface area contributed by atoms with Gasteiger partial charge in [0, 0.05) is 29.7 Å². The second-order valence-electron chi connectivity index (χ2n) is 11.4. The first-order valence-electron chi connectivity index (χ1n) is 13.7. The van der Waals surface area contributed by atoms with E-state index in [1.165, 1.54) is 4.57 Å². The number of halogens is 2. The molecule has 0 fully saturated rings. The van der Waals surface area contributed by atoms with E-state index in [-0.39, 0.29) is 42.3 Å². The summed E-state index contributed by atoms with van der Waals surface area (Å²) in [5, 5.41) is 3.39. The fraction of sp³-hybridized carbons (Fsp3) is 0.281. The maximum Gasteiger partial charge on any atom is 0.333 e. The Bertz CT molecular complexity index is 1670. The van der Waals surface area contributed by atoms with Crippen LogP contribution in [0.4, 0.5) is 0 Å². The minimum absolute atomic E-state index is 0.00805. The van der Waals surface area contributed by atoms with Gasteiger partial charge in [-0.1, -0.05) is 62.7 Å². The third kappa shape index (κ3) is 6.47. The molecule has 0 unspecified atom stereocenters. The first-order valence-corrected chi connectivity index (χ1v) is 14.8. The number of ether oxygens (including phenoxy) is 1. The lowest BCUT2D eigenvalue weighted by Crippen LogP contribution is -2.41. The van der Waals surface area contributed by atoms with Crippen LogP contribution in [0.3, 0.4) is 0 Å².